The van der Waals surface area contributed by atoms with E-state index < -0.39 is 0 Å². The minimum absolute atomic E-state index is 0.412. The topological polar surface area (TPSA) is 0 Å². The first-order valence-electron chi connectivity index (χ1n) is 10.6. The van der Waals surface area contributed by atoms with Crippen LogP contribution in [0.5, 0.6) is 0 Å². The van der Waals surface area contributed by atoms with Crippen LogP contribution in [-0.2, 0) is 0 Å². The summed E-state index contributed by atoms with van der Waals surface area (Å²) in [7, 11) is 0. The molecule has 4 rings (SSSR count). The lowest BCUT2D eigenvalue weighted by Gasteiger charge is -2.71. The van der Waals surface area contributed by atoms with E-state index in [9.17, 15) is 0 Å². The molecule has 0 amide bonds. The summed E-state index contributed by atoms with van der Waals surface area (Å²) in [5.74, 6) is 4.73. The number of rotatable bonds is 1. The molecule has 0 aromatic heterocycles. The first-order chi connectivity index (χ1) is 11.6. The predicted octanol–water partition coefficient (Wildman–Crippen LogP) is 7.21. The fourth-order valence-electron chi connectivity index (χ4n) is 8.36. The molecule has 3 saturated carbocycles. The van der Waals surface area contributed by atoms with E-state index in [1.165, 1.54) is 50.7 Å². The van der Waals surface area contributed by atoms with Gasteiger partial charge in [0.05, 0.1) is 0 Å². The van der Waals surface area contributed by atoms with Gasteiger partial charge in [0.15, 0.2) is 0 Å². The van der Waals surface area contributed by atoms with Gasteiger partial charge < -0.3 is 0 Å². The summed E-state index contributed by atoms with van der Waals surface area (Å²) in [5.41, 5.74) is 1.54. The molecular weight excluding hydrogens is 340 g/mol. The third kappa shape index (κ3) is 2.28. The Hall–Kier alpha value is 0.440. The molecule has 0 radical (unpaired) electrons. The van der Waals surface area contributed by atoms with Gasteiger partial charge >= 0.3 is 0 Å². The molecule has 7 unspecified atom stereocenters. The van der Waals surface area contributed by atoms with Crippen molar-refractivity contribution in [2.45, 2.75) is 84.3 Å². The lowest BCUT2D eigenvalue weighted by molar-refractivity contribution is -0.176. The van der Waals surface area contributed by atoms with Gasteiger partial charge in [-0.15, -0.1) is 12.6 Å². The van der Waals surface area contributed by atoms with E-state index in [0.717, 1.165) is 22.7 Å². The number of allylic oxidation sites excluding steroid dienone is 1. The van der Waals surface area contributed by atoms with Crippen LogP contribution in [0.2, 0.25) is 0 Å². The van der Waals surface area contributed by atoms with Crippen molar-refractivity contribution in [2.75, 3.05) is 5.75 Å². The zero-order valence-corrected chi connectivity index (χ0v) is 18.7. The zero-order valence-electron chi connectivity index (χ0n) is 17.0. The van der Waals surface area contributed by atoms with Crippen molar-refractivity contribution in [3.63, 3.8) is 0 Å². The van der Waals surface area contributed by atoms with Crippen molar-refractivity contribution in [1.29, 1.82) is 0 Å². The summed E-state index contributed by atoms with van der Waals surface area (Å²) in [6, 6.07) is 0. The molecule has 25 heavy (non-hydrogen) atoms. The van der Waals surface area contributed by atoms with Crippen LogP contribution in [0.1, 0.15) is 79.6 Å². The Balaban J connectivity index is 1.72. The number of hydrogen-bond acceptors (Lipinski definition) is 2. The van der Waals surface area contributed by atoms with E-state index in [0.29, 0.717) is 26.9 Å². The molecule has 1 aliphatic heterocycles. The lowest BCUT2D eigenvalue weighted by atomic mass is 9.38. The fourth-order valence-corrected chi connectivity index (χ4v) is 10.4. The highest BCUT2D eigenvalue weighted by Gasteiger charge is 2.68. The van der Waals surface area contributed by atoms with Crippen LogP contribution in [-0.4, -0.2) is 10.5 Å². The monoisotopic (exact) mass is 378 g/mol. The van der Waals surface area contributed by atoms with Crippen molar-refractivity contribution in [3.8, 4) is 0 Å². The third-order valence-corrected chi connectivity index (χ3v) is 12.2. The van der Waals surface area contributed by atoms with E-state index in [-0.39, 0.29) is 0 Å². The van der Waals surface area contributed by atoms with Crippen molar-refractivity contribution in [2.24, 2.45) is 39.9 Å². The molecule has 7 atom stereocenters. The molecule has 3 aliphatic carbocycles. The number of hydrogen-bond donors (Lipinski definition) is 1. The molecule has 142 valence electrons. The van der Waals surface area contributed by atoms with Crippen LogP contribution in [0.25, 0.3) is 0 Å². The maximum atomic E-state index is 4.69. The van der Waals surface area contributed by atoms with Gasteiger partial charge in [0.1, 0.15) is 0 Å². The Bertz CT molecular complexity index is 581. The average molecular weight is 379 g/mol. The van der Waals surface area contributed by atoms with Crippen molar-refractivity contribution >= 4 is 24.4 Å². The van der Waals surface area contributed by atoms with Crippen molar-refractivity contribution in [1.82, 2.24) is 0 Å². The summed E-state index contributed by atoms with van der Waals surface area (Å²) < 4.78 is 0.412. The second kappa shape index (κ2) is 5.72. The van der Waals surface area contributed by atoms with Gasteiger partial charge in [-0.2, -0.15) is 11.8 Å². The molecule has 1 saturated heterocycles. The van der Waals surface area contributed by atoms with Crippen LogP contribution in [0.15, 0.2) is 11.5 Å². The molecular formula is C23H38S2. The van der Waals surface area contributed by atoms with Gasteiger partial charge in [-0.3, -0.25) is 0 Å². The number of fused-ring (bicyclic) bond motifs is 5. The van der Waals surface area contributed by atoms with Gasteiger partial charge in [0, 0.05) is 4.75 Å². The molecule has 1 heterocycles. The normalized spacial score (nSPS) is 54.3. The Morgan fingerprint density at radius 2 is 1.68 bits per heavy atom. The van der Waals surface area contributed by atoms with Gasteiger partial charge in [-0.05, 0) is 95.5 Å². The number of thioether (sulfide) groups is 1. The zero-order chi connectivity index (χ0) is 18.3. The molecule has 2 heteroatoms. The van der Waals surface area contributed by atoms with Gasteiger partial charge in [-0.25, -0.2) is 0 Å². The summed E-state index contributed by atoms with van der Waals surface area (Å²) >= 11 is 6.93. The van der Waals surface area contributed by atoms with Crippen LogP contribution in [0.3, 0.4) is 0 Å². The molecule has 4 fully saturated rings. The van der Waals surface area contributed by atoms with Crippen molar-refractivity contribution < 1.29 is 0 Å². The highest BCUT2D eigenvalue weighted by Crippen LogP contribution is 2.75. The van der Waals surface area contributed by atoms with Gasteiger partial charge in [0.25, 0.3) is 0 Å². The molecule has 0 nitrogen and oxygen atoms in total. The summed E-state index contributed by atoms with van der Waals surface area (Å²) in [6.45, 7) is 17.3. The van der Waals surface area contributed by atoms with E-state index in [2.05, 4.69) is 65.6 Å². The Labute approximate surface area is 165 Å². The highest BCUT2D eigenvalue weighted by molar-refractivity contribution is 8.00. The maximum absolute atomic E-state index is 4.69. The summed E-state index contributed by atoms with van der Waals surface area (Å²) in [5, 5.41) is 0. The minimum atomic E-state index is 0.412. The van der Waals surface area contributed by atoms with E-state index in [1.54, 1.807) is 0 Å². The molecule has 4 aliphatic rings. The Kier molecular flexibility index (Phi) is 4.30. The quantitative estimate of drug-likeness (QED) is 0.470. The minimum Gasteiger partial charge on any atom is -0.155 e. The Morgan fingerprint density at radius 3 is 2.36 bits per heavy atom. The second-order valence-corrected chi connectivity index (χ2v) is 13.2. The highest BCUT2D eigenvalue weighted by atomic mass is 32.2. The predicted molar refractivity (Wildman–Crippen MR) is 115 cm³/mol. The fraction of sp³-hybridized carbons (Fsp3) is 0.913. The van der Waals surface area contributed by atoms with Crippen LogP contribution in [0, 0.1) is 39.9 Å². The van der Waals surface area contributed by atoms with Crippen LogP contribution >= 0.6 is 24.4 Å². The van der Waals surface area contributed by atoms with Crippen molar-refractivity contribution in [3.05, 3.63) is 11.5 Å². The summed E-state index contributed by atoms with van der Waals surface area (Å²) in [4.78, 5) is 1.16. The molecule has 0 bridgehead atoms. The SMILES string of the molecule is C=C(S)C1CCC2C1CCC1C2(C)CCC2(C)C(C)(C)SCCC12C. The van der Waals surface area contributed by atoms with Gasteiger partial charge in [0.2, 0.25) is 0 Å². The maximum Gasteiger partial charge on any atom is 0.0162 e. The third-order valence-electron chi connectivity index (χ3n) is 10.3. The van der Waals surface area contributed by atoms with E-state index in [1.807, 2.05) is 0 Å². The largest absolute Gasteiger partial charge is 0.155 e. The molecule has 0 aromatic rings. The smallest absolute Gasteiger partial charge is 0.0162 e. The summed E-state index contributed by atoms with van der Waals surface area (Å²) in [6.07, 6.45) is 9.93. The standard InChI is InChI=1S/C23H38S2/c1-15(24)16-7-9-18-17(16)8-10-19-21(18,4)11-12-23(6)20(2,3)25-14-13-22(19,23)5/h16-19,24H,1,7-14H2,2-6H3. The van der Waals surface area contributed by atoms with E-state index in [4.69, 9.17) is 0 Å². The second-order valence-electron chi connectivity index (χ2n) is 10.9. The first kappa shape index (κ1) is 18.8. The van der Waals surface area contributed by atoms with Crippen LogP contribution < -0.4 is 0 Å². The average Bonchev–Trinajstić information content (AvgIpc) is 2.96. The molecule has 0 N–H and O–H groups in total. The van der Waals surface area contributed by atoms with Crippen LogP contribution in [0.4, 0.5) is 0 Å². The number of thiol groups is 1. The van der Waals surface area contributed by atoms with E-state index >= 15 is 0 Å². The first-order valence-corrected chi connectivity index (χ1v) is 12.0. The molecule has 0 aromatic carbocycles. The lowest BCUT2D eigenvalue weighted by Crippen LogP contribution is -2.65. The Morgan fingerprint density at radius 1 is 0.960 bits per heavy atom. The van der Waals surface area contributed by atoms with Gasteiger partial charge in [-0.1, -0.05) is 41.2 Å². The molecule has 0 spiro atoms.